The van der Waals surface area contributed by atoms with E-state index >= 15 is 0 Å². The van der Waals surface area contributed by atoms with E-state index < -0.39 is 0 Å². The number of benzene rings is 9. The van der Waals surface area contributed by atoms with E-state index in [2.05, 4.69) is 213 Å². The Morgan fingerprint density at radius 2 is 1.10 bits per heavy atom. The Bertz CT molecular complexity index is 3400. The van der Waals surface area contributed by atoms with Crippen molar-refractivity contribution in [2.24, 2.45) is 4.99 Å². The van der Waals surface area contributed by atoms with Crippen molar-refractivity contribution in [2.45, 2.75) is 19.3 Å². The topological polar surface area (TPSA) is 15.6 Å². The zero-order chi connectivity index (χ0) is 40.8. The molecular weight excluding hydrogens is 737 g/mol. The summed E-state index contributed by atoms with van der Waals surface area (Å²) in [6.07, 6.45) is 8.26. The van der Waals surface area contributed by atoms with E-state index in [4.69, 9.17) is 4.99 Å². The van der Waals surface area contributed by atoms with Crippen LogP contribution in [0.2, 0.25) is 0 Å². The van der Waals surface area contributed by atoms with E-state index in [9.17, 15) is 0 Å². The molecule has 1 heterocycles. The molecule has 9 aromatic carbocycles. The van der Waals surface area contributed by atoms with Crippen LogP contribution in [0.3, 0.4) is 0 Å². The summed E-state index contributed by atoms with van der Waals surface area (Å²) in [5.74, 6) is 0.866. The van der Waals surface area contributed by atoms with E-state index in [-0.39, 0.29) is 5.41 Å². The van der Waals surface area contributed by atoms with E-state index in [0.29, 0.717) is 6.54 Å². The molecule has 2 nitrogen and oxygen atoms in total. The average molecular weight is 779 g/mol. The summed E-state index contributed by atoms with van der Waals surface area (Å²) in [7, 11) is 0. The number of amidine groups is 1. The second-order valence-electron chi connectivity index (χ2n) is 17.0. The van der Waals surface area contributed by atoms with Crippen LogP contribution in [0.15, 0.2) is 211 Å². The molecule has 0 spiro atoms. The van der Waals surface area contributed by atoms with Crippen molar-refractivity contribution < 1.29 is 0 Å². The third-order valence-corrected chi connectivity index (χ3v) is 13.3. The van der Waals surface area contributed by atoms with Gasteiger partial charge in [0, 0.05) is 22.4 Å². The largest absolute Gasteiger partial charge is 0.295 e. The smallest absolute Gasteiger partial charge is 0.140 e. The van der Waals surface area contributed by atoms with Gasteiger partial charge in [-0.15, -0.1) is 0 Å². The van der Waals surface area contributed by atoms with Gasteiger partial charge in [0.15, 0.2) is 0 Å². The Morgan fingerprint density at radius 1 is 0.475 bits per heavy atom. The number of fused-ring (bicyclic) bond motifs is 8. The molecular formula is C59H42N2. The van der Waals surface area contributed by atoms with E-state index in [1.165, 1.54) is 93.5 Å². The SMILES string of the molecule is C=C1/C=C\C=C/CN=C(c2cccc(-c3c4ccccc4c(-c4ccc5c6c(cccc46)-c4ccccc4-5)c4cc5c(cc34)-c3ccccc3C5(C)C)c2)N1c1ccccc1. The van der Waals surface area contributed by atoms with Gasteiger partial charge in [-0.3, -0.25) is 9.89 Å². The third-order valence-electron chi connectivity index (χ3n) is 13.3. The Morgan fingerprint density at radius 3 is 1.92 bits per heavy atom. The van der Waals surface area contributed by atoms with Gasteiger partial charge in [-0.05, 0) is 135 Å². The monoisotopic (exact) mass is 778 g/mol. The third kappa shape index (κ3) is 5.25. The maximum absolute atomic E-state index is 5.24. The van der Waals surface area contributed by atoms with Crippen molar-refractivity contribution in [3.05, 3.63) is 223 Å². The van der Waals surface area contributed by atoms with Gasteiger partial charge in [-0.1, -0.05) is 178 Å². The molecule has 0 bridgehead atoms. The van der Waals surface area contributed by atoms with Gasteiger partial charge in [-0.25, -0.2) is 0 Å². The highest BCUT2D eigenvalue weighted by Crippen LogP contribution is 2.55. The Kier molecular flexibility index (Phi) is 7.83. The Balaban J connectivity index is 1.17. The minimum absolute atomic E-state index is 0.159. The zero-order valence-corrected chi connectivity index (χ0v) is 34.3. The number of hydrogen-bond donors (Lipinski definition) is 0. The number of hydrogen-bond acceptors (Lipinski definition) is 2. The van der Waals surface area contributed by atoms with Crippen LogP contribution in [0.4, 0.5) is 5.69 Å². The van der Waals surface area contributed by atoms with Crippen molar-refractivity contribution in [1.29, 1.82) is 0 Å². The Hall–Kier alpha value is -7.55. The standard InChI is InChI=1S/C59H42N2/c1-37-18-6-5-15-33-60-58(61(37)40-21-7-4-8-22-40)39-20-16-19-38(34-39)55-45-26-11-12-27-46(45)57(52-36-54-50(35-51(52)55)43-25-13-14-30-53(43)59(54,2)3)49-32-31-48-42-24-10-9-23-41(42)44-28-17-29-47(49)56(44)48/h4-32,34-36H,1,33H2,2-3H3/b15-5-,18-6-,60-58?. The molecule has 0 aromatic heterocycles. The summed E-state index contributed by atoms with van der Waals surface area (Å²) in [4.78, 5) is 7.42. The summed E-state index contributed by atoms with van der Waals surface area (Å²) in [5, 5.41) is 7.62. The molecule has 12 rings (SSSR count). The predicted molar refractivity (Wildman–Crippen MR) is 260 cm³/mol. The number of rotatable bonds is 4. The van der Waals surface area contributed by atoms with Crippen LogP contribution in [0.5, 0.6) is 0 Å². The second-order valence-corrected chi connectivity index (χ2v) is 17.0. The van der Waals surface area contributed by atoms with Crippen LogP contribution < -0.4 is 4.90 Å². The molecule has 2 heteroatoms. The molecule has 288 valence electrons. The Labute approximate surface area is 356 Å². The molecule has 9 aromatic rings. The van der Waals surface area contributed by atoms with Gasteiger partial charge in [0.1, 0.15) is 5.84 Å². The number of nitrogens with zero attached hydrogens (tertiary/aromatic N) is 2. The molecule has 0 saturated carbocycles. The van der Waals surface area contributed by atoms with Crippen molar-refractivity contribution in [1.82, 2.24) is 0 Å². The number of para-hydroxylation sites is 1. The van der Waals surface area contributed by atoms with Crippen molar-refractivity contribution in [3.63, 3.8) is 0 Å². The first-order chi connectivity index (χ1) is 30.0. The van der Waals surface area contributed by atoms with Crippen molar-refractivity contribution in [3.8, 4) is 55.6 Å². The first-order valence-corrected chi connectivity index (χ1v) is 21.3. The highest BCUT2D eigenvalue weighted by Gasteiger charge is 2.36. The van der Waals surface area contributed by atoms with E-state index in [0.717, 1.165) is 28.3 Å². The lowest BCUT2D eigenvalue weighted by Crippen LogP contribution is -2.30. The van der Waals surface area contributed by atoms with Crippen molar-refractivity contribution in [2.75, 3.05) is 11.4 Å². The maximum Gasteiger partial charge on any atom is 0.140 e. The van der Waals surface area contributed by atoms with Crippen LogP contribution in [0.1, 0.15) is 30.5 Å². The minimum Gasteiger partial charge on any atom is -0.295 e. The van der Waals surface area contributed by atoms with Gasteiger partial charge in [0.25, 0.3) is 0 Å². The van der Waals surface area contributed by atoms with Gasteiger partial charge in [0.2, 0.25) is 0 Å². The lowest BCUT2D eigenvalue weighted by molar-refractivity contribution is 0.661. The molecule has 2 aliphatic carbocycles. The molecule has 0 amide bonds. The highest BCUT2D eigenvalue weighted by molar-refractivity contribution is 6.27. The molecule has 3 aliphatic rings. The number of aliphatic imine (C=N–C) groups is 1. The van der Waals surface area contributed by atoms with Gasteiger partial charge in [0.05, 0.1) is 6.54 Å². The van der Waals surface area contributed by atoms with Crippen LogP contribution in [-0.4, -0.2) is 12.4 Å². The summed E-state index contributed by atoms with van der Waals surface area (Å²) in [6, 6.07) is 63.1. The first kappa shape index (κ1) is 35.4. The second kappa shape index (κ2) is 13.5. The summed E-state index contributed by atoms with van der Waals surface area (Å²) in [6.45, 7) is 9.86. The minimum atomic E-state index is -0.159. The molecule has 1 aliphatic heterocycles. The van der Waals surface area contributed by atoms with E-state index in [1.807, 2.05) is 6.08 Å². The summed E-state index contributed by atoms with van der Waals surface area (Å²) in [5.41, 5.74) is 18.3. The molecule has 0 N–H and O–H groups in total. The fourth-order valence-electron chi connectivity index (χ4n) is 10.6. The summed E-state index contributed by atoms with van der Waals surface area (Å²) < 4.78 is 0. The number of anilines is 1. The molecule has 0 atom stereocenters. The fourth-order valence-corrected chi connectivity index (χ4v) is 10.6. The van der Waals surface area contributed by atoms with Gasteiger partial charge in [-0.2, -0.15) is 0 Å². The first-order valence-electron chi connectivity index (χ1n) is 21.3. The molecule has 0 radical (unpaired) electrons. The highest BCUT2D eigenvalue weighted by atomic mass is 15.2. The molecule has 0 saturated heterocycles. The fraction of sp³-hybridized carbons (Fsp3) is 0.0678. The van der Waals surface area contributed by atoms with Crippen LogP contribution in [0, 0.1) is 0 Å². The molecule has 0 fully saturated rings. The number of allylic oxidation sites excluding steroid dienone is 3. The van der Waals surface area contributed by atoms with Crippen LogP contribution in [-0.2, 0) is 5.41 Å². The lowest BCUT2D eigenvalue weighted by atomic mass is 9.79. The molecule has 0 unspecified atom stereocenters. The van der Waals surface area contributed by atoms with Gasteiger partial charge >= 0.3 is 0 Å². The molecule has 61 heavy (non-hydrogen) atoms. The lowest BCUT2D eigenvalue weighted by Gasteiger charge is -2.27. The van der Waals surface area contributed by atoms with Crippen LogP contribution >= 0.6 is 0 Å². The maximum atomic E-state index is 5.24. The quantitative estimate of drug-likeness (QED) is 0.163. The van der Waals surface area contributed by atoms with Gasteiger partial charge < -0.3 is 0 Å². The predicted octanol–water partition coefficient (Wildman–Crippen LogP) is 15.3. The van der Waals surface area contributed by atoms with E-state index in [1.54, 1.807) is 0 Å². The normalized spacial score (nSPS) is 15.8. The average Bonchev–Trinajstić information content (AvgIpc) is 3.77. The van der Waals surface area contributed by atoms with Crippen molar-refractivity contribution >= 4 is 43.8 Å². The summed E-state index contributed by atoms with van der Waals surface area (Å²) >= 11 is 0. The van der Waals surface area contributed by atoms with Crippen LogP contribution in [0.25, 0.3) is 88.0 Å². The zero-order valence-electron chi connectivity index (χ0n) is 34.3.